The summed E-state index contributed by atoms with van der Waals surface area (Å²) in [5.41, 5.74) is 0.338. The number of carbonyl (C=O) groups excluding carboxylic acids is 1. The summed E-state index contributed by atoms with van der Waals surface area (Å²) in [7, 11) is 1.51. The normalized spacial score (nSPS) is 12.4. The monoisotopic (exact) mass is 408 g/mol. The third kappa shape index (κ3) is 4.36. The van der Waals surface area contributed by atoms with Crippen LogP contribution >= 0.6 is 15.9 Å². The molecule has 0 saturated heterocycles. The first kappa shape index (κ1) is 17.4. The van der Waals surface area contributed by atoms with Crippen molar-refractivity contribution in [3.8, 4) is 23.0 Å². The van der Waals surface area contributed by atoms with Crippen molar-refractivity contribution in [3.05, 3.63) is 46.4 Å². The number of rotatable bonds is 6. The molecule has 6 nitrogen and oxygen atoms in total. The summed E-state index contributed by atoms with van der Waals surface area (Å²) in [4.78, 5) is 12.2. The highest BCUT2D eigenvalue weighted by Gasteiger charge is 2.21. The Morgan fingerprint density at radius 1 is 1.12 bits per heavy atom. The van der Waals surface area contributed by atoms with Gasteiger partial charge in [-0.15, -0.1) is 0 Å². The molecule has 0 fully saturated rings. The van der Waals surface area contributed by atoms with Crippen molar-refractivity contribution in [2.45, 2.75) is 0 Å². The summed E-state index contributed by atoms with van der Waals surface area (Å²) in [6.07, 6.45) is 0. The van der Waals surface area contributed by atoms with Crippen LogP contribution in [0.2, 0.25) is 0 Å². The van der Waals surface area contributed by atoms with E-state index in [0.717, 1.165) is 4.47 Å². The van der Waals surface area contributed by atoms with E-state index in [4.69, 9.17) is 23.7 Å². The molecule has 0 unspecified atom stereocenters. The van der Waals surface area contributed by atoms with Crippen molar-refractivity contribution in [1.82, 2.24) is 0 Å². The summed E-state index contributed by atoms with van der Waals surface area (Å²) in [5, 5.41) is 0. The number of ether oxygens (including phenoxy) is 5. The number of methoxy groups -OCH3 is 1. The van der Waals surface area contributed by atoms with Gasteiger partial charge in [0.1, 0.15) is 32.2 Å². The van der Waals surface area contributed by atoms with Crippen LogP contribution in [0, 0.1) is 0 Å². The molecule has 0 spiro atoms. The average molecular weight is 409 g/mol. The SMILES string of the molecule is COc1cc(C(=O)OCCOc2ccc(Br)cc2)cc2c1OCCO2. The van der Waals surface area contributed by atoms with Crippen LogP contribution in [0.5, 0.6) is 23.0 Å². The van der Waals surface area contributed by atoms with Crippen LogP contribution in [0.25, 0.3) is 0 Å². The Bertz CT molecular complexity index is 727. The van der Waals surface area contributed by atoms with Crippen molar-refractivity contribution in [2.75, 3.05) is 33.5 Å². The van der Waals surface area contributed by atoms with E-state index in [0.29, 0.717) is 41.8 Å². The molecule has 1 heterocycles. The Labute approximate surface area is 153 Å². The Morgan fingerprint density at radius 3 is 2.64 bits per heavy atom. The molecule has 0 saturated carbocycles. The zero-order valence-corrected chi connectivity index (χ0v) is 15.2. The maximum absolute atomic E-state index is 12.2. The van der Waals surface area contributed by atoms with Crippen molar-refractivity contribution < 1.29 is 28.5 Å². The van der Waals surface area contributed by atoms with Gasteiger partial charge in [-0.05, 0) is 36.4 Å². The molecule has 2 aromatic carbocycles. The maximum atomic E-state index is 12.2. The summed E-state index contributed by atoms with van der Waals surface area (Å²) < 4.78 is 28.0. The molecule has 7 heteroatoms. The van der Waals surface area contributed by atoms with Gasteiger partial charge < -0.3 is 23.7 Å². The first-order chi connectivity index (χ1) is 12.2. The quantitative estimate of drug-likeness (QED) is 0.538. The van der Waals surface area contributed by atoms with Gasteiger partial charge in [0.15, 0.2) is 11.5 Å². The van der Waals surface area contributed by atoms with Gasteiger partial charge in [-0.3, -0.25) is 0 Å². The number of hydrogen-bond acceptors (Lipinski definition) is 6. The van der Waals surface area contributed by atoms with Gasteiger partial charge in [0.25, 0.3) is 0 Å². The molecule has 0 radical (unpaired) electrons. The van der Waals surface area contributed by atoms with Crippen LogP contribution in [-0.2, 0) is 4.74 Å². The molecule has 3 rings (SSSR count). The maximum Gasteiger partial charge on any atom is 0.338 e. The molecular formula is C18H17BrO6. The number of carbonyl (C=O) groups is 1. The third-order valence-corrected chi connectivity index (χ3v) is 3.99. The van der Waals surface area contributed by atoms with E-state index in [-0.39, 0.29) is 13.2 Å². The first-order valence-corrected chi connectivity index (χ1v) is 8.50. The van der Waals surface area contributed by atoms with Crippen molar-refractivity contribution >= 4 is 21.9 Å². The van der Waals surface area contributed by atoms with Crippen molar-refractivity contribution in [3.63, 3.8) is 0 Å². The Hall–Kier alpha value is -2.41. The van der Waals surface area contributed by atoms with Gasteiger partial charge in [0.2, 0.25) is 5.75 Å². The number of halogens is 1. The third-order valence-electron chi connectivity index (χ3n) is 3.46. The first-order valence-electron chi connectivity index (χ1n) is 7.70. The van der Waals surface area contributed by atoms with Gasteiger partial charge in [-0.1, -0.05) is 15.9 Å². The summed E-state index contributed by atoms with van der Waals surface area (Å²) in [6.45, 7) is 1.26. The molecule has 1 aliphatic heterocycles. The van der Waals surface area contributed by atoms with Crippen molar-refractivity contribution in [1.29, 1.82) is 0 Å². The summed E-state index contributed by atoms with van der Waals surface area (Å²) in [5.74, 6) is 1.65. The van der Waals surface area contributed by atoms with E-state index in [1.165, 1.54) is 7.11 Å². The molecule has 0 amide bonds. The largest absolute Gasteiger partial charge is 0.493 e. The minimum Gasteiger partial charge on any atom is -0.493 e. The Balaban J connectivity index is 1.57. The Morgan fingerprint density at radius 2 is 1.88 bits per heavy atom. The molecule has 0 N–H and O–H groups in total. The molecular weight excluding hydrogens is 392 g/mol. The van der Waals surface area contributed by atoms with Gasteiger partial charge in [0, 0.05) is 4.47 Å². The average Bonchev–Trinajstić information content (AvgIpc) is 2.65. The number of benzene rings is 2. The fraction of sp³-hybridized carbons (Fsp3) is 0.278. The van der Waals surface area contributed by atoms with Crippen LogP contribution < -0.4 is 18.9 Å². The molecule has 2 aromatic rings. The highest BCUT2D eigenvalue weighted by molar-refractivity contribution is 9.10. The lowest BCUT2D eigenvalue weighted by Crippen LogP contribution is -2.17. The Kier molecular flexibility index (Phi) is 5.65. The minimum absolute atomic E-state index is 0.131. The highest BCUT2D eigenvalue weighted by Crippen LogP contribution is 2.40. The fourth-order valence-electron chi connectivity index (χ4n) is 2.30. The van der Waals surface area contributed by atoms with Gasteiger partial charge >= 0.3 is 5.97 Å². The molecule has 0 atom stereocenters. The summed E-state index contributed by atoms with van der Waals surface area (Å²) >= 11 is 3.36. The standard InChI is InChI=1S/C18H17BrO6/c1-21-15-10-12(11-16-17(15)24-8-7-23-16)18(20)25-9-6-22-14-4-2-13(19)3-5-14/h2-5,10-11H,6-9H2,1H3. The predicted molar refractivity (Wildman–Crippen MR) is 93.9 cm³/mol. The number of fused-ring (bicyclic) bond motifs is 1. The van der Waals surface area contributed by atoms with Crippen LogP contribution in [0.15, 0.2) is 40.9 Å². The fourth-order valence-corrected chi connectivity index (χ4v) is 2.56. The zero-order chi connectivity index (χ0) is 17.6. The van der Waals surface area contributed by atoms with E-state index in [2.05, 4.69) is 15.9 Å². The van der Waals surface area contributed by atoms with Crippen LogP contribution in [0.1, 0.15) is 10.4 Å². The smallest absolute Gasteiger partial charge is 0.338 e. The second-order valence-corrected chi connectivity index (χ2v) is 6.06. The van der Waals surface area contributed by atoms with Crippen LogP contribution in [-0.4, -0.2) is 39.5 Å². The molecule has 25 heavy (non-hydrogen) atoms. The predicted octanol–water partition coefficient (Wildman–Crippen LogP) is 3.46. The number of hydrogen-bond donors (Lipinski definition) is 0. The lowest BCUT2D eigenvalue weighted by atomic mass is 10.1. The second kappa shape index (κ2) is 8.11. The lowest BCUT2D eigenvalue weighted by molar-refractivity contribution is 0.0449. The molecule has 132 valence electrons. The highest BCUT2D eigenvalue weighted by atomic mass is 79.9. The van der Waals surface area contributed by atoms with Crippen molar-refractivity contribution in [2.24, 2.45) is 0 Å². The molecule has 1 aliphatic rings. The van der Waals surface area contributed by atoms with Gasteiger partial charge in [-0.25, -0.2) is 4.79 Å². The minimum atomic E-state index is -0.477. The number of esters is 1. The molecule has 0 bridgehead atoms. The summed E-state index contributed by atoms with van der Waals surface area (Å²) in [6, 6.07) is 10.6. The van der Waals surface area contributed by atoms with E-state index in [1.54, 1.807) is 12.1 Å². The molecule has 0 aliphatic carbocycles. The molecule has 0 aromatic heterocycles. The van der Waals surface area contributed by atoms with E-state index >= 15 is 0 Å². The van der Waals surface area contributed by atoms with E-state index < -0.39 is 5.97 Å². The van der Waals surface area contributed by atoms with Crippen LogP contribution in [0.4, 0.5) is 0 Å². The second-order valence-electron chi connectivity index (χ2n) is 5.14. The van der Waals surface area contributed by atoms with E-state index in [9.17, 15) is 4.79 Å². The topological polar surface area (TPSA) is 63.2 Å². The van der Waals surface area contributed by atoms with Gasteiger partial charge in [-0.2, -0.15) is 0 Å². The van der Waals surface area contributed by atoms with E-state index in [1.807, 2.05) is 24.3 Å². The zero-order valence-electron chi connectivity index (χ0n) is 13.6. The van der Waals surface area contributed by atoms with Crippen LogP contribution in [0.3, 0.4) is 0 Å². The lowest BCUT2D eigenvalue weighted by Gasteiger charge is -2.21. The van der Waals surface area contributed by atoms with Gasteiger partial charge in [0.05, 0.1) is 12.7 Å².